The lowest BCUT2D eigenvalue weighted by atomic mass is 9.83. The molecule has 0 amide bonds. The first kappa shape index (κ1) is 20.8. The Hall–Kier alpha value is -2.95. The number of nitrogens with zero attached hydrogens (tertiary/aromatic N) is 1. The third-order valence-corrected chi connectivity index (χ3v) is 5.01. The number of benzene rings is 1. The summed E-state index contributed by atoms with van der Waals surface area (Å²) < 4.78 is 12.4. The van der Waals surface area contributed by atoms with E-state index in [1.54, 1.807) is 28.8 Å². The number of aromatic nitrogens is 1. The van der Waals surface area contributed by atoms with E-state index in [9.17, 15) is 9.59 Å². The van der Waals surface area contributed by atoms with Gasteiger partial charge in [0, 0.05) is 29.7 Å². The summed E-state index contributed by atoms with van der Waals surface area (Å²) in [5.41, 5.74) is 1.25. The molecule has 5 heteroatoms. The average Bonchev–Trinajstić information content (AvgIpc) is 2.66. The largest absolute Gasteiger partial charge is 0.423 e. The summed E-state index contributed by atoms with van der Waals surface area (Å²) >= 11 is 0. The highest BCUT2D eigenvalue weighted by Gasteiger charge is 2.19. The molecule has 1 unspecified atom stereocenters. The fourth-order valence-corrected chi connectivity index (χ4v) is 3.54. The average molecular weight is 394 g/mol. The summed E-state index contributed by atoms with van der Waals surface area (Å²) in [4.78, 5) is 23.7. The van der Waals surface area contributed by atoms with Gasteiger partial charge >= 0.3 is 11.6 Å². The van der Waals surface area contributed by atoms with Crippen LogP contribution < -0.4 is 14.9 Å². The van der Waals surface area contributed by atoms with Crippen LogP contribution in [0.3, 0.4) is 0 Å². The molecule has 1 atom stereocenters. The topological polar surface area (TPSA) is 60.4 Å². The molecular weight excluding hydrogens is 366 g/mol. The number of rotatable bonds is 7. The Kier molecular flexibility index (Phi) is 6.47. The van der Waals surface area contributed by atoms with Crippen molar-refractivity contribution in [2.24, 2.45) is 11.8 Å². The van der Waals surface area contributed by atoms with Gasteiger partial charge in [-0.2, -0.15) is 4.57 Å². The number of ether oxygens (including phenoxy) is 1. The molecule has 152 valence electrons. The van der Waals surface area contributed by atoms with Crippen molar-refractivity contribution in [1.29, 1.82) is 0 Å². The molecule has 0 aliphatic carbocycles. The van der Waals surface area contributed by atoms with Gasteiger partial charge in [0.2, 0.25) is 6.54 Å². The predicted octanol–water partition coefficient (Wildman–Crippen LogP) is 4.47. The first-order valence-electron chi connectivity index (χ1n) is 10.1. The van der Waals surface area contributed by atoms with Gasteiger partial charge in [0.15, 0.2) is 12.4 Å². The molecule has 0 radical (unpaired) electrons. The minimum atomic E-state index is -0.436. The van der Waals surface area contributed by atoms with Crippen LogP contribution in [0.5, 0.6) is 5.75 Å². The standard InChI is InChI=1S/C24H28NO4/c1-16(2)13-21(17(3)4)18-9-11-25(12-10-18)15-24(27)28-20-7-5-19-6-8-23(26)29-22(19)14-20/h5-12,14,16-17,21H,13,15H2,1-4H3/q+1. The first-order chi connectivity index (χ1) is 13.8. The highest BCUT2D eigenvalue weighted by Crippen LogP contribution is 2.30. The predicted molar refractivity (Wildman–Crippen MR) is 112 cm³/mol. The second-order valence-corrected chi connectivity index (χ2v) is 8.21. The first-order valence-corrected chi connectivity index (χ1v) is 10.1. The zero-order chi connectivity index (χ0) is 21.0. The maximum atomic E-state index is 12.3. The zero-order valence-corrected chi connectivity index (χ0v) is 17.4. The molecule has 0 N–H and O–H groups in total. The van der Waals surface area contributed by atoms with Gasteiger partial charge in [-0.3, -0.25) is 0 Å². The van der Waals surface area contributed by atoms with Crippen molar-refractivity contribution in [1.82, 2.24) is 0 Å². The Morgan fingerprint density at radius 2 is 1.72 bits per heavy atom. The fraction of sp³-hybridized carbons (Fsp3) is 0.375. The summed E-state index contributed by atoms with van der Waals surface area (Å²) in [6, 6.07) is 12.2. The van der Waals surface area contributed by atoms with E-state index in [1.807, 2.05) is 12.4 Å². The Morgan fingerprint density at radius 3 is 2.38 bits per heavy atom. The quantitative estimate of drug-likeness (QED) is 0.257. The monoisotopic (exact) mass is 394 g/mol. The van der Waals surface area contributed by atoms with Gasteiger partial charge in [-0.05, 0) is 47.9 Å². The summed E-state index contributed by atoms with van der Waals surface area (Å²) in [7, 11) is 0. The van der Waals surface area contributed by atoms with Crippen LogP contribution in [0.4, 0.5) is 0 Å². The SMILES string of the molecule is CC(C)CC(c1cc[n+](CC(=O)Oc2ccc3ccc(=O)oc3c2)cc1)C(C)C. The van der Waals surface area contributed by atoms with E-state index >= 15 is 0 Å². The van der Waals surface area contributed by atoms with Crippen LogP contribution >= 0.6 is 0 Å². The van der Waals surface area contributed by atoms with Crippen LogP contribution in [0.2, 0.25) is 0 Å². The highest BCUT2D eigenvalue weighted by molar-refractivity contribution is 5.79. The van der Waals surface area contributed by atoms with Gasteiger partial charge in [0.25, 0.3) is 0 Å². The van der Waals surface area contributed by atoms with Crippen molar-refractivity contribution in [2.45, 2.75) is 46.6 Å². The Bertz CT molecular complexity index is 1030. The maximum Gasteiger partial charge on any atom is 0.378 e. The van der Waals surface area contributed by atoms with Gasteiger partial charge in [-0.15, -0.1) is 0 Å². The molecule has 0 aliphatic rings. The number of carbonyl (C=O) groups excluding carboxylic acids is 1. The highest BCUT2D eigenvalue weighted by atomic mass is 16.5. The van der Waals surface area contributed by atoms with E-state index in [0.29, 0.717) is 29.1 Å². The smallest absolute Gasteiger partial charge is 0.378 e. The Morgan fingerprint density at radius 1 is 1.03 bits per heavy atom. The van der Waals surface area contributed by atoms with Crippen LogP contribution in [0.25, 0.3) is 11.0 Å². The van der Waals surface area contributed by atoms with Gasteiger partial charge in [0.05, 0.1) is 0 Å². The van der Waals surface area contributed by atoms with Crippen LogP contribution in [0, 0.1) is 11.8 Å². The summed E-state index contributed by atoms with van der Waals surface area (Å²) in [5.74, 6) is 1.67. The molecule has 0 saturated heterocycles. The van der Waals surface area contributed by atoms with E-state index in [4.69, 9.17) is 9.15 Å². The third-order valence-electron chi connectivity index (χ3n) is 5.01. The van der Waals surface area contributed by atoms with Crippen molar-refractivity contribution < 1.29 is 18.5 Å². The molecule has 0 bridgehead atoms. The summed E-state index contributed by atoms with van der Waals surface area (Å²) in [6.45, 7) is 9.08. The molecule has 0 saturated carbocycles. The van der Waals surface area contributed by atoms with Crippen molar-refractivity contribution in [2.75, 3.05) is 0 Å². The normalized spacial score (nSPS) is 12.5. The minimum Gasteiger partial charge on any atom is -0.423 e. The van der Waals surface area contributed by atoms with Crippen LogP contribution in [0.15, 0.2) is 64.1 Å². The second kappa shape index (κ2) is 9.03. The van der Waals surface area contributed by atoms with E-state index < -0.39 is 5.63 Å². The lowest BCUT2D eigenvalue weighted by molar-refractivity contribution is -0.685. The van der Waals surface area contributed by atoms with Crippen LogP contribution in [-0.2, 0) is 11.3 Å². The maximum absolute atomic E-state index is 12.3. The molecule has 2 heterocycles. The van der Waals surface area contributed by atoms with E-state index in [2.05, 4.69) is 39.8 Å². The number of fused-ring (bicyclic) bond motifs is 1. The molecule has 0 fully saturated rings. The molecule has 0 aliphatic heterocycles. The second-order valence-electron chi connectivity index (χ2n) is 8.21. The summed E-state index contributed by atoms with van der Waals surface area (Å²) in [6.07, 6.45) is 4.99. The zero-order valence-electron chi connectivity index (χ0n) is 17.4. The van der Waals surface area contributed by atoms with Crippen molar-refractivity contribution in [3.8, 4) is 5.75 Å². The van der Waals surface area contributed by atoms with Crippen LogP contribution in [-0.4, -0.2) is 5.97 Å². The third kappa shape index (κ3) is 5.53. The number of esters is 1. The number of carbonyl (C=O) groups is 1. The molecule has 29 heavy (non-hydrogen) atoms. The van der Waals surface area contributed by atoms with Gasteiger partial charge < -0.3 is 9.15 Å². The van der Waals surface area contributed by atoms with Crippen molar-refractivity contribution in [3.63, 3.8) is 0 Å². The van der Waals surface area contributed by atoms with Gasteiger partial charge in [-0.25, -0.2) is 9.59 Å². The number of hydrogen-bond donors (Lipinski definition) is 0. The van der Waals surface area contributed by atoms with E-state index in [0.717, 1.165) is 11.8 Å². The lowest BCUT2D eigenvalue weighted by Crippen LogP contribution is -2.39. The minimum absolute atomic E-state index is 0.105. The fourth-order valence-electron chi connectivity index (χ4n) is 3.54. The molecule has 1 aromatic carbocycles. The molecule has 2 aromatic heterocycles. The Labute approximate surface area is 170 Å². The van der Waals surface area contributed by atoms with Gasteiger partial charge in [-0.1, -0.05) is 27.7 Å². The van der Waals surface area contributed by atoms with Crippen molar-refractivity contribution >= 4 is 16.9 Å². The number of pyridine rings is 1. The van der Waals surface area contributed by atoms with Crippen molar-refractivity contribution in [3.05, 3.63) is 70.8 Å². The molecule has 0 spiro atoms. The Balaban J connectivity index is 1.67. The summed E-state index contributed by atoms with van der Waals surface area (Å²) in [5, 5.41) is 0.774. The molecule has 5 nitrogen and oxygen atoms in total. The molecular formula is C24H28NO4+. The molecule has 3 aromatic rings. The lowest BCUT2D eigenvalue weighted by Gasteiger charge is -2.22. The number of hydrogen-bond acceptors (Lipinski definition) is 4. The van der Waals surface area contributed by atoms with Crippen LogP contribution in [0.1, 0.15) is 45.6 Å². The molecule has 3 rings (SSSR count). The van der Waals surface area contributed by atoms with E-state index in [-0.39, 0.29) is 12.5 Å². The van der Waals surface area contributed by atoms with Gasteiger partial charge in [0.1, 0.15) is 11.3 Å². The van der Waals surface area contributed by atoms with E-state index in [1.165, 1.54) is 11.6 Å².